The Bertz CT molecular complexity index is 860. The Balaban J connectivity index is 1.52. The zero-order chi connectivity index (χ0) is 18.4. The molecule has 1 N–H and O–H groups in total. The lowest BCUT2D eigenvalue weighted by Crippen LogP contribution is -2.16. The van der Waals surface area contributed by atoms with E-state index < -0.39 is 0 Å². The van der Waals surface area contributed by atoms with Crippen molar-refractivity contribution in [3.8, 4) is 22.8 Å². The Morgan fingerprint density at radius 2 is 1.77 bits per heavy atom. The van der Waals surface area contributed by atoms with Gasteiger partial charge in [-0.25, -0.2) is 0 Å². The summed E-state index contributed by atoms with van der Waals surface area (Å²) in [6.45, 7) is 1.50. The number of benzene rings is 2. The summed E-state index contributed by atoms with van der Waals surface area (Å²) in [5.41, 5.74) is 2.09. The predicted molar refractivity (Wildman–Crippen MR) is 104 cm³/mol. The monoisotopic (exact) mass is 371 g/mol. The summed E-state index contributed by atoms with van der Waals surface area (Å²) in [7, 11) is 3.28. The van der Waals surface area contributed by atoms with E-state index in [1.165, 1.54) is 5.56 Å². The van der Waals surface area contributed by atoms with E-state index in [9.17, 15) is 0 Å². The minimum atomic E-state index is 0.664. The summed E-state index contributed by atoms with van der Waals surface area (Å²) in [5.74, 6) is 3.16. The van der Waals surface area contributed by atoms with Gasteiger partial charge in [0.05, 0.1) is 25.8 Å². The van der Waals surface area contributed by atoms with Crippen molar-refractivity contribution in [2.75, 3.05) is 20.8 Å². The maximum atomic E-state index is 6.21. The molecule has 0 amide bonds. The second-order valence-electron chi connectivity index (χ2n) is 5.86. The Hall–Kier alpha value is -2.43. The molecule has 0 aliphatic rings. The summed E-state index contributed by atoms with van der Waals surface area (Å²) in [6.07, 6.45) is 0.887. The smallest absolute Gasteiger partial charge is 0.160 e. The number of hydrogen-bond acceptors (Lipinski definition) is 4. The summed E-state index contributed by atoms with van der Waals surface area (Å²) in [6, 6.07) is 17.6. The van der Waals surface area contributed by atoms with Crippen LogP contribution in [0.4, 0.5) is 0 Å². The van der Waals surface area contributed by atoms with Crippen LogP contribution >= 0.6 is 11.6 Å². The van der Waals surface area contributed by atoms with Crippen LogP contribution < -0.4 is 14.8 Å². The average molecular weight is 372 g/mol. The first-order chi connectivity index (χ1) is 12.7. The summed E-state index contributed by atoms with van der Waals surface area (Å²) in [4.78, 5) is 0. The molecule has 3 rings (SSSR count). The highest BCUT2D eigenvalue weighted by Gasteiger charge is 2.08. The summed E-state index contributed by atoms with van der Waals surface area (Å²) in [5, 5.41) is 4.09. The van der Waals surface area contributed by atoms with Gasteiger partial charge in [-0.05, 0) is 54.9 Å². The van der Waals surface area contributed by atoms with E-state index in [4.69, 9.17) is 25.5 Å². The van der Waals surface area contributed by atoms with Gasteiger partial charge in [-0.1, -0.05) is 29.8 Å². The fourth-order valence-electron chi connectivity index (χ4n) is 2.76. The number of rotatable bonds is 8. The van der Waals surface area contributed by atoms with Crippen LogP contribution in [-0.4, -0.2) is 20.8 Å². The molecule has 0 aliphatic carbocycles. The van der Waals surface area contributed by atoms with Crippen molar-refractivity contribution in [3.63, 3.8) is 0 Å². The molecule has 0 bridgehead atoms. The van der Waals surface area contributed by atoms with Crippen molar-refractivity contribution in [3.05, 3.63) is 70.9 Å². The largest absolute Gasteiger partial charge is 0.493 e. The Labute approximate surface area is 158 Å². The van der Waals surface area contributed by atoms with E-state index in [-0.39, 0.29) is 0 Å². The van der Waals surface area contributed by atoms with Gasteiger partial charge in [0.15, 0.2) is 11.5 Å². The molecular formula is C21H22ClNO3. The number of halogens is 1. The van der Waals surface area contributed by atoms with Crippen LogP contribution in [-0.2, 0) is 13.0 Å². The van der Waals surface area contributed by atoms with Gasteiger partial charge in [0, 0.05) is 5.56 Å². The first-order valence-electron chi connectivity index (χ1n) is 8.46. The number of furan rings is 1. The Morgan fingerprint density at radius 1 is 0.962 bits per heavy atom. The van der Waals surface area contributed by atoms with E-state index in [2.05, 4.69) is 5.32 Å². The van der Waals surface area contributed by atoms with Crippen LogP contribution in [0.5, 0.6) is 11.5 Å². The van der Waals surface area contributed by atoms with Gasteiger partial charge in [-0.2, -0.15) is 0 Å². The van der Waals surface area contributed by atoms with Crippen molar-refractivity contribution in [1.29, 1.82) is 0 Å². The van der Waals surface area contributed by atoms with Crippen molar-refractivity contribution in [2.24, 2.45) is 0 Å². The highest BCUT2D eigenvalue weighted by Crippen LogP contribution is 2.29. The third-order valence-corrected chi connectivity index (χ3v) is 4.47. The Kier molecular flexibility index (Phi) is 6.21. The van der Waals surface area contributed by atoms with Crippen molar-refractivity contribution >= 4 is 11.6 Å². The molecule has 1 aromatic heterocycles. The quantitative estimate of drug-likeness (QED) is 0.569. The minimum absolute atomic E-state index is 0.664. The molecule has 0 fully saturated rings. The first-order valence-corrected chi connectivity index (χ1v) is 8.84. The molecular weight excluding hydrogens is 350 g/mol. The van der Waals surface area contributed by atoms with Gasteiger partial charge in [-0.15, -0.1) is 0 Å². The molecule has 26 heavy (non-hydrogen) atoms. The highest BCUT2D eigenvalue weighted by atomic mass is 35.5. The van der Waals surface area contributed by atoms with Crippen LogP contribution in [0.2, 0.25) is 5.02 Å². The highest BCUT2D eigenvalue weighted by molar-refractivity contribution is 6.33. The van der Waals surface area contributed by atoms with Crippen LogP contribution in [0.15, 0.2) is 59.0 Å². The molecule has 0 unspecified atom stereocenters. The molecule has 3 aromatic rings. The zero-order valence-electron chi connectivity index (χ0n) is 14.9. The van der Waals surface area contributed by atoms with Crippen LogP contribution in [0.1, 0.15) is 11.3 Å². The molecule has 0 radical (unpaired) electrons. The SMILES string of the molecule is COc1ccc(CCNCc2ccc(-c3ccccc3Cl)o2)cc1OC. The molecule has 0 aliphatic heterocycles. The van der Waals surface area contributed by atoms with Gasteiger partial charge in [-0.3, -0.25) is 0 Å². The van der Waals surface area contributed by atoms with Crippen LogP contribution in [0.25, 0.3) is 11.3 Å². The number of hydrogen-bond donors (Lipinski definition) is 1. The maximum Gasteiger partial charge on any atom is 0.160 e. The molecule has 136 valence electrons. The lowest BCUT2D eigenvalue weighted by molar-refractivity contribution is 0.354. The lowest BCUT2D eigenvalue weighted by Gasteiger charge is -2.09. The molecule has 1 heterocycles. The number of methoxy groups -OCH3 is 2. The van der Waals surface area contributed by atoms with E-state index in [0.29, 0.717) is 11.6 Å². The van der Waals surface area contributed by atoms with Crippen molar-refractivity contribution < 1.29 is 13.9 Å². The van der Waals surface area contributed by atoms with Gasteiger partial charge in [0.1, 0.15) is 11.5 Å². The van der Waals surface area contributed by atoms with Gasteiger partial charge < -0.3 is 19.2 Å². The maximum absolute atomic E-state index is 6.21. The number of nitrogens with one attached hydrogen (secondary N) is 1. The predicted octanol–water partition coefficient (Wildman–Crippen LogP) is 4.95. The third kappa shape index (κ3) is 4.40. The van der Waals surface area contributed by atoms with Gasteiger partial charge >= 0.3 is 0 Å². The molecule has 2 aromatic carbocycles. The Morgan fingerprint density at radius 3 is 2.54 bits per heavy atom. The van der Waals surface area contributed by atoms with Crippen LogP contribution in [0.3, 0.4) is 0 Å². The van der Waals surface area contributed by atoms with Gasteiger partial charge in [0.2, 0.25) is 0 Å². The molecule has 0 atom stereocenters. The molecule has 0 saturated carbocycles. The van der Waals surface area contributed by atoms with E-state index in [1.807, 2.05) is 54.6 Å². The fourth-order valence-corrected chi connectivity index (χ4v) is 2.99. The molecule has 0 spiro atoms. The normalized spacial score (nSPS) is 10.7. The third-order valence-electron chi connectivity index (χ3n) is 4.14. The molecule has 0 saturated heterocycles. The second-order valence-corrected chi connectivity index (χ2v) is 6.27. The second kappa shape index (κ2) is 8.79. The molecule has 4 nitrogen and oxygen atoms in total. The van der Waals surface area contributed by atoms with Crippen molar-refractivity contribution in [2.45, 2.75) is 13.0 Å². The number of ether oxygens (including phenoxy) is 2. The van der Waals surface area contributed by atoms with E-state index in [1.54, 1.807) is 14.2 Å². The first kappa shape index (κ1) is 18.4. The topological polar surface area (TPSA) is 43.6 Å². The van der Waals surface area contributed by atoms with Gasteiger partial charge in [0.25, 0.3) is 0 Å². The fraction of sp³-hybridized carbons (Fsp3) is 0.238. The standard InChI is InChI=1S/C21H22ClNO3/c1-24-20-9-7-15(13-21(20)25-2)11-12-23-14-16-8-10-19(26-16)17-5-3-4-6-18(17)22/h3-10,13,23H,11-12,14H2,1-2H3. The van der Waals surface area contributed by atoms with E-state index in [0.717, 1.165) is 41.5 Å². The van der Waals surface area contributed by atoms with Crippen LogP contribution in [0, 0.1) is 0 Å². The summed E-state index contributed by atoms with van der Waals surface area (Å²) >= 11 is 6.21. The zero-order valence-corrected chi connectivity index (χ0v) is 15.7. The minimum Gasteiger partial charge on any atom is -0.493 e. The summed E-state index contributed by atoms with van der Waals surface area (Å²) < 4.78 is 16.5. The van der Waals surface area contributed by atoms with E-state index >= 15 is 0 Å². The van der Waals surface area contributed by atoms with Crippen molar-refractivity contribution in [1.82, 2.24) is 5.32 Å². The molecule has 5 heteroatoms. The average Bonchev–Trinajstić information content (AvgIpc) is 3.14. The lowest BCUT2D eigenvalue weighted by atomic mass is 10.1.